The number of hydrogen-bond acceptors (Lipinski definition) is 4. The number of urea groups is 1. The van der Waals surface area contributed by atoms with Crippen LogP contribution in [-0.4, -0.2) is 39.5 Å². The van der Waals surface area contributed by atoms with Crippen LogP contribution in [0.15, 0.2) is 23.3 Å². The van der Waals surface area contributed by atoms with Crippen molar-refractivity contribution in [2.24, 2.45) is 0 Å². The summed E-state index contributed by atoms with van der Waals surface area (Å²) in [6.07, 6.45) is 1.23. The highest BCUT2D eigenvalue weighted by Crippen LogP contribution is 2.23. The Morgan fingerprint density at radius 3 is 2.77 bits per heavy atom. The molecule has 1 aliphatic rings. The van der Waals surface area contributed by atoms with Gasteiger partial charge in [-0.05, 0) is 12.1 Å². The molecule has 0 bridgehead atoms. The number of amides is 3. The minimum atomic E-state index is -0.480. The fraction of sp³-hybridized carbons (Fsp3) is 0.231. The molecule has 1 N–H and O–H groups in total. The molecule has 3 amide bonds. The fourth-order valence-corrected chi connectivity index (χ4v) is 2.79. The Morgan fingerprint density at radius 1 is 1.32 bits per heavy atom. The van der Waals surface area contributed by atoms with Crippen LogP contribution in [0.2, 0.25) is 10.0 Å². The highest BCUT2D eigenvalue weighted by Gasteiger charge is 2.26. The smallest absolute Gasteiger partial charge is 0.324 e. The van der Waals surface area contributed by atoms with E-state index in [9.17, 15) is 14.4 Å². The van der Waals surface area contributed by atoms with Gasteiger partial charge in [0, 0.05) is 18.1 Å². The molecule has 1 fully saturated rings. The van der Waals surface area contributed by atoms with E-state index in [1.54, 1.807) is 0 Å². The first-order valence-corrected chi connectivity index (χ1v) is 7.15. The molecule has 0 radical (unpaired) electrons. The summed E-state index contributed by atoms with van der Waals surface area (Å²) < 4.78 is 1.13. The van der Waals surface area contributed by atoms with Gasteiger partial charge in [-0.1, -0.05) is 23.2 Å². The lowest BCUT2D eigenvalue weighted by Crippen LogP contribution is -2.38. The van der Waals surface area contributed by atoms with Crippen LogP contribution in [0.4, 0.5) is 4.79 Å². The summed E-state index contributed by atoms with van der Waals surface area (Å²) in [5, 5.41) is 3.31. The van der Waals surface area contributed by atoms with Crippen LogP contribution in [0.3, 0.4) is 0 Å². The average Bonchev–Trinajstić information content (AvgIpc) is 2.88. The molecule has 3 rings (SSSR count). The van der Waals surface area contributed by atoms with Crippen molar-refractivity contribution in [3.05, 3.63) is 38.9 Å². The monoisotopic (exact) mass is 340 g/mol. The van der Waals surface area contributed by atoms with Gasteiger partial charge in [0.25, 0.3) is 11.5 Å². The Hall–Kier alpha value is -2.12. The molecule has 7 nitrogen and oxygen atoms in total. The zero-order chi connectivity index (χ0) is 15.9. The lowest BCUT2D eigenvalue weighted by Gasteiger charge is -2.13. The van der Waals surface area contributed by atoms with E-state index in [2.05, 4.69) is 10.3 Å². The zero-order valence-electron chi connectivity index (χ0n) is 11.2. The summed E-state index contributed by atoms with van der Waals surface area (Å²) in [5.41, 5.74) is -0.124. The second-order valence-electron chi connectivity index (χ2n) is 4.74. The number of fused-ring (bicyclic) bond motifs is 1. The molecule has 2 aromatic rings. The molecule has 9 heteroatoms. The van der Waals surface area contributed by atoms with Gasteiger partial charge in [-0.3, -0.25) is 19.1 Å². The van der Waals surface area contributed by atoms with E-state index in [-0.39, 0.29) is 23.5 Å². The van der Waals surface area contributed by atoms with Gasteiger partial charge in [0.05, 0.1) is 22.3 Å². The zero-order valence-corrected chi connectivity index (χ0v) is 12.7. The van der Waals surface area contributed by atoms with Gasteiger partial charge < -0.3 is 5.32 Å². The maximum atomic E-state index is 12.4. The van der Waals surface area contributed by atoms with Crippen LogP contribution in [0.5, 0.6) is 0 Å². The number of halogens is 2. The number of nitrogens with zero attached hydrogens (tertiary/aromatic N) is 3. The number of imide groups is 1. The molecule has 0 atom stereocenters. The lowest BCUT2D eigenvalue weighted by atomic mass is 10.2. The predicted octanol–water partition coefficient (Wildman–Crippen LogP) is 1.26. The Kier molecular flexibility index (Phi) is 3.76. The van der Waals surface area contributed by atoms with Crippen molar-refractivity contribution in [3.8, 4) is 0 Å². The van der Waals surface area contributed by atoms with E-state index in [1.807, 2.05) is 0 Å². The van der Waals surface area contributed by atoms with Crippen LogP contribution >= 0.6 is 23.2 Å². The Morgan fingerprint density at radius 2 is 2.09 bits per heavy atom. The Labute approximate surface area is 134 Å². The first-order valence-electron chi connectivity index (χ1n) is 6.40. The van der Waals surface area contributed by atoms with Gasteiger partial charge in [0.15, 0.2) is 0 Å². The number of rotatable bonds is 2. The largest absolute Gasteiger partial charge is 0.336 e. The third-order valence-electron chi connectivity index (χ3n) is 3.31. The van der Waals surface area contributed by atoms with Gasteiger partial charge in [0.2, 0.25) is 0 Å². The van der Waals surface area contributed by atoms with E-state index in [1.165, 1.54) is 18.5 Å². The SMILES string of the molecule is O=C(Cn1cnc2c(Cl)cc(Cl)cc2c1=O)N1CCNC1=O. The van der Waals surface area contributed by atoms with Gasteiger partial charge in [-0.2, -0.15) is 0 Å². The van der Waals surface area contributed by atoms with E-state index in [0.29, 0.717) is 17.1 Å². The van der Waals surface area contributed by atoms with Crippen molar-refractivity contribution in [1.82, 2.24) is 19.8 Å². The maximum absolute atomic E-state index is 12.4. The molecule has 0 aliphatic carbocycles. The highest BCUT2D eigenvalue weighted by molar-refractivity contribution is 6.38. The third kappa shape index (κ3) is 2.53. The molecule has 1 aromatic heterocycles. The number of carbonyl (C=O) groups is 2. The first kappa shape index (κ1) is 14.8. The minimum Gasteiger partial charge on any atom is -0.336 e. The summed E-state index contributed by atoms with van der Waals surface area (Å²) in [5.74, 6) is -0.480. The molecule has 1 saturated heterocycles. The fourth-order valence-electron chi connectivity index (χ4n) is 2.25. The van der Waals surface area contributed by atoms with Crippen molar-refractivity contribution < 1.29 is 9.59 Å². The van der Waals surface area contributed by atoms with Crippen LogP contribution in [-0.2, 0) is 11.3 Å². The van der Waals surface area contributed by atoms with E-state index >= 15 is 0 Å². The van der Waals surface area contributed by atoms with Crippen LogP contribution < -0.4 is 10.9 Å². The standard InChI is InChI=1S/C13H10Cl2N4O3/c14-7-3-8-11(9(15)4-7)17-6-18(12(8)21)5-10(20)19-2-1-16-13(19)22/h3-4,6H,1-2,5H2,(H,16,22). The molecule has 2 heterocycles. The molecular weight excluding hydrogens is 331 g/mol. The number of benzene rings is 1. The van der Waals surface area contributed by atoms with Crippen molar-refractivity contribution in [3.63, 3.8) is 0 Å². The molecular formula is C13H10Cl2N4O3. The maximum Gasteiger partial charge on any atom is 0.324 e. The van der Waals surface area contributed by atoms with E-state index in [0.717, 1.165) is 9.47 Å². The summed E-state index contributed by atoms with van der Waals surface area (Å²) in [6.45, 7) is 0.408. The van der Waals surface area contributed by atoms with Crippen LogP contribution in [0.25, 0.3) is 10.9 Å². The van der Waals surface area contributed by atoms with Gasteiger partial charge in [-0.25, -0.2) is 9.78 Å². The van der Waals surface area contributed by atoms with Crippen LogP contribution in [0, 0.1) is 0 Å². The molecule has 0 spiro atoms. The average molecular weight is 341 g/mol. The third-order valence-corrected chi connectivity index (χ3v) is 3.82. The molecule has 22 heavy (non-hydrogen) atoms. The number of nitrogens with one attached hydrogen (secondary N) is 1. The highest BCUT2D eigenvalue weighted by atomic mass is 35.5. The van der Waals surface area contributed by atoms with Gasteiger partial charge in [-0.15, -0.1) is 0 Å². The van der Waals surface area contributed by atoms with Crippen molar-refractivity contribution in [1.29, 1.82) is 0 Å². The summed E-state index contributed by atoms with van der Waals surface area (Å²) in [4.78, 5) is 41.1. The molecule has 114 valence electrons. The Balaban J connectivity index is 1.98. The summed E-state index contributed by atoms with van der Waals surface area (Å²) >= 11 is 11.9. The second kappa shape index (κ2) is 5.58. The predicted molar refractivity (Wildman–Crippen MR) is 81.1 cm³/mol. The summed E-state index contributed by atoms with van der Waals surface area (Å²) in [6, 6.07) is 2.47. The normalized spacial score (nSPS) is 14.5. The van der Waals surface area contributed by atoms with E-state index in [4.69, 9.17) is 23.2 Å². The first-order chi connectivity index (χ1) is 10.5. The van der Waals surface area contributed by atoms with Gasteiger partial charge in [0.1, 0.15) is 6.54 Å². The van der Waals surface area contributed by atoms with Crippen molar-refractivity contribution >= 4 is 46.0 Å². The van der Waals surface area contributed by atoms with E-state index < -0.39 is 17.5 Å². The Bertz CT molecular complexity index is 849. The molecule has 1 aliphatic heterocycles. The van der Waals surface area contributed by atoms with Crippen LogP contribution in [0.1, 0.15) is 0 Å². The molecule has 1 aromatic carbocycles. The molecule has 0 saturated carbocycles. The number of hydrogen-bond donors (Lipinski definition) is 1. The summed E-state index contributed by atoms with van der Waals surface area (Å²) in [7, 11) is 0. The second-order valence-corrected chi connectivity index (χ2v) is 5.58. The van der Waals surface area contributed by atoms with Crippen molar-refractivity contribution in [2.45, 2.75) is 6.54 Å². The molecule has 0 unspecified atom stereocenters. The number of carbonyl (C=O) groups excluding carboxylic acids is 2. The minimum absolute atomic E-state index is 0.221. The quantitative estimate of drug-likeness (QED) is 0.891. The van der Waals surface area contributed by atoms with Crippen molar-refractivity contribution in [2.75, 3.05) is 13.1 Å². The number of aromatic nitrogens is 2. The lowest BCUT2D eigenvalue weighted by molar-refractivity contribution is -0.128. The topological polar surface area (TPSA) is 84.3 Å². The van der Waals surface area contributed by atoms with Gasteiger partial charge >= 0.3 is 6.03 Å².